The molecule has 1 aliphatic rings. The van der Waals surface area contributed by atoms with Crippen LogP contribution < -0.4 is 5.32 Å². The lowest BCUT2D eigenvalue weighted by molar-refractivity contribution is 0.256. The Kier molecular flexibility index (Phi) is 5.14. The van der Waals surface area contributed by atoms with Gasteiger partial charge >= 0.3 is 0 Å². The van der Waals surface area contributed by atoms with Crippen LogP contribution in [0.2, 0.25) is 0 Å². The Bertz CT molecular complexity index is 338. The molecule has 2 rings (SSSR count). The highest BCUT2D eigenvalue weighted by Crippen LogP contribution is 2.34. The fourth-order valence-electron chi connectivity index (χ4n) is 2.32. The molecule has 1 saturated carbocycles. The van der Waals surface area contributed by atoms with E-state index in [9.17, 15) is 0 Å². The van der Waals surface area contributed by atoms with Crippen LogP contribution in [0.3, 0.4) is 0 Å². The van der Waals surface area contributed by atoms with Crippen molar-refractivity contribution in [3.8, 4) is 0 Å². The molecule has 1 fully saturated rings. The highest BCUT2D eigenvalue weighted by Gasteiger charge is 2.31. The van der Waals surface area contributed by atoms with Gasteiger partial charge in [0, 0.05) is 31.0 Å². The third kappa shape index (κ3) is 4.39. The maximum Gasteiger partial charge on any atom is 0.0434 e. The number of aromatic nitrogens is 1. The Morgan fingerprint density at radius 1 is 1.44 bits per heavy atom. The standard InChI is InChI=1S/C15H24N2O/c1-12(7-9-18)11-17-15(13-5-6-13)10-14-4-2-3-8-16-14/h2-4,8,12-13,15,17-18H,5-7,9-11H2,1H3. The molecule has 0 aromatic carbocycles. The van der Waals surface area contributed by atoms with Gasteiger partial charge in [0.25, 0.3) is 0 Å². The summed E-state index contributed by atoms with van der Waals surface area (Å²) in [6, 6.07) is 6.68. The van der Waals surface area contributed by atoms with Crippen LogP contribution >= 0.6 is 0 Å². The molecular weight excluding hydrogens is 224 g/mol. The second kappa shape index (κ2) is 6.86. The summed E-state index contributed by atoms with van der Waals surface area (Å²) in [5, 5.41) is 12.6. The lowest BCUT2D eigenvalue weighted by Gasteiger charge is -2.20. The molecule has 0 radical (unpaired) electrons. The van der Waals surface area contributed by atoms with Gasteiger partial charge in [-0.15, -0.1) is 0 Å². The maximum absolute atomic E-state index is 8.92. The fraction of sp³-hybridized carbons (Fsp3) is 0.667. The number of nitrogens with zero attached hydrogens (tertiary/aromatic N) is 1. The molecule has 1 aliphatic carbocycles. The van der Waals surface area contributed by atoms with Crippen molar-refractivity contribution < 1.29 is 5.11 Å². The molecular formula is C15H24N2O. The minimum atomic E-state index is 0.289. The third-order valence-corrected chi connectivity index (χ3v) is 3.70. The van der Waals surface area contributed by atoms with Crippen molar-refractivity contribution in [3.05, 3.63) is 30.1 Å². The van der Waals surface area contributed by atoms with Crippen molar-refractivity contribution in [1.29, 1.82) is 0 Å². The molecule has 3 nitrogen and oxygen atoms in total. The Labute approximate surface area is 110 Å². The first-order valence-corrected chi connectivity index (χ1v) is 7.03. The van der Waals surface area contributed by atoms with Crippen molar-refractivity contribution in [2.75, 3.05) is 13.2 Å². The van der Waals surface area contributed by atoms with Crippen LogP contribution in [-0.4, -0.2) is 29.3 Å². The number of hydrogen-bond acceptors (Lipinski definition) is 3. The molecule has 0 amide bonds. The summed E-state index contributed by atoms with van der Waals surface area (Å²) >= 11 is 0. The number of rotatable bonds is 8. The highest BCUT2D eigenvalue weighted by molar-refractivity contribution is 5.07. The van der Waals surface area contributed by atoms with E-state index in [-0.39, 0.29) is 6.61 Å². The van der Waals surface area contributed by atoms with E-state index in [0.717, 1.165) is 25.3 Å². The summed E-state index contributed by atoms with van der Waals surface area (Å²) in [5.74, 6) is 1.37. The largest absolute Gasteiger partial charge is 0.396 e. The molecule has 100 valence electrons. The van der Waals surface area contributed by atoms with Gasteiger partial charge in [0.05, 0.1) is 0 Å². The molecule has 2 unspecified atom stereocenters. The van der Waals surface area contributed by atoms with Gasteiger partial charge < -0.3 is 10.4 Å². The van der Waals surface area contributed by atoms with Crippen molar-refractivity contribution in [2.45, 2.75) is 38.6 Å². The third-order valence-electron chi connectivity index (χ3n) is 3.70. The lowest BCUT2D eigenvalue weighted by atomic mass is 10.0. The van der Waals surface area contributed by atoms with Gasteiger partial charge in [-0.25, -0.2) is 0 Å². The molecule has 3 heteroatoms. The summed E-state index contributed by atoms with van der Waals surface area (Å²) in [4.78, 5) is 4.41. The molecule has 0 bridgehead atoms. The van der Waals surface area contributed by atoms with Crippen LogP contribution in [0.25, 0.3) is 0 Å². The van der Waals surface area contributed by atoms with E-state index in [4.69, 9.17) is 5.11 Å². The van der Waals surface area contributed by atoms with E-state index in [1.807, 2.05) is 12.3 Å². The SMILES string of the molecule is CC(CCO)CNC(Cc1ccccn1)C1CC1. The van der Waals surface area contributed by atoms with E-state index in [2.05, 4.69) is 29.4 Å². The number of aliphatic hydroxyl groups excluding tert-OH is 1. The van der Waals surface area contributed by atoms with Crippen LogP contribution in [0.5, 0.6) is 0 Å². The number of hydrogen-bond donors (Lipinski definition) is 2. The second-order valence-electron chi connectivity index (χ2n) is 5.49. The van der Waals surface area contributed by atoms with E-state index in [0.29, 0.717) is 12.0 Å². The van der Waals surface area contributed by atoms with Gasteiger partial charge in [-0.1, -0.05) is 13.0 Å². The van der Waals surface area contributed by atoms with Gasteiger partial charge in [-0.3, -0.25) is 4.98 Å². The molecule has 0 saturated heterocycles. The zero-order valence-electron chi connectivity index (χ0n) is 11.2. The first-order chi connectivity index (χ1) is 8.79. The summed E-state index contributed by atoms with van der Waals surface area (Å²) in [7, 11) is 0. The number of nitrogens with one attached hydrogen (secondary N) is 1. The first kappa shape index (κ1) is 13.5. The minimum Gasteiger partial charge on any atom is -0.396 e. The van der Waals surface area contributed by atoms with E-state index in [1.54, 1.807) is 0 Å². The van der Waals surface area contributed by atoms with Crippen molar-refractivity contribution in [1.82, 2.24) is 10.3 Å². The topological polar surface area (TPSA) is 45.1 Å². The smallest absolute Gasteiger partial charge is 0.0434 e. The number of pyridine rings is 1. The van der Waals surface area contributed by atoms with Gasteiger partial charge in [0.15, 0.2) is 0 Å². The van der Waals surface area contributed by atoms with Crippen molar-refractivity contribution in [3.63, 3.8) is 0 Å². The van der Waals surface area contributed by atoms with E-state index >= 15 is 0 Å². The van der Waals surface area contributed by atoms with Gasteiger partial charge in [0.2, 0.25) is 0 Å². The highest BCUT2D eigenvalue weighted by atomic mass is 16.3. The van der Waals surface area contributed by atoms with Crippen LogP contribution in [0, 0.1) is 11.8 Å². The lowest BCUT2D eigenvalue weighted by Crippen LogP contribution is -2.36. The molecule has 0 aliphatic heterocycles. The molecule has 18 heavy (non-hydrogen) atoms. The average Bonchev–Trinajstić information content (AvgIpc) is 3.20. The van der Waals surface area contributed by atoms with Gasteiger partial charge in [0.1, 0.15) is 0 Å². The predicted octanol–water partition coefficient (Wildman–Crippen LogP) is 2.01. The Morgan fingerprint density at radius 2 is 2.28 bits per heavy atom. The Morgan fingerprint density at radius 3 is 2.89 bits per heavy atom. The summed E-state index contributed by atoms with van der Waals surface area (Å²) < 4.78 is 0. The maximum atomic E-state index is 8.92. The van der Waals surface area contributed by atoms with Crippen LogP contribution in [0.4, 0.5) is 0 Å². The molecule has 0 spiro atoms. The van der Waals surface area contributed by atoms with Gasteiger partial charge in [-0.2, -0.15) is 0 Å². The minimum absolute atomic E-state index is 0.289. The van der Waals surface area contributed by atoms with E-state index < -0.39 is 0 Å². The molecule has 1 heterocycles. The molecule has 1 aromatic heterocycles. The normalized spacial score (nSPS) is 18.6. The Balaban J connectivity index is 1.81. The zero-order valence-corrected chi connectivity index (χ0v) is 11.2. The van der Waals surface area contributed by atoms with Gasteiger partial charge in [-0.05, 0) is 49.8 Å². The quantitative estimate of drug-likeness (QED) is 0.740. The molecule has 1 aromatic rings. The summed E-state index contributed by atoms with van der Waals surface area (Å²) in [6.45, 7) is 3.47. The fourth-order valence-corrected chi connectivity index (χ4v) is 2.32. The summed E-state index contributed by atoms with van der Waals surface area (Å²) in [5.41, 5.74) is 1.18. The summed E-state index contributed by atoms with van der Waals surface area (Å²) in [6.07, 6.45) is 6.47. The molecule has 2 N–H and O–H groups in total. The monoisotopic (exact) mass is 248 g/mol. The number of aliphatic hydroxyl groups is 1. The second-order valence-corrected chi connectivity index (χ2v) is 5.49. The van der Waals surface area contributed by atoms with Crippen LogP contribution in [-0.2, 0) is 6.42 Å². The predicted molar refractivity (Wildman–Crippen MR) is 73.3 cm³/mol. The Hall–Kier alpha value is -0.930. The van der Waals surface area contributed by atoms with Crippen molar-refractivity contribution in [2.24, 2.45) is 11.8 Å². The van der Waals surface area contributed by atoms with E-state index in [1.165, 1.54) is 18.5 Å². The first-order valence-electron chi connectivity index (χ1n) is 7.03. The van der Waals surface area contributed by atoms with Crippen molar-refractivity contribution >= 4 is 0 Å². The average molecular weight is 248 g/mol. The molecule has 2 atom stereocenters. The van der Waals surface area contributed by atoms with Crippen LogP contribution in [0.1, 0.15) is 31.9 Å². The zero-order chi connectivity index (χ0) is 12.8. The van der Waals surface area contributed by atoms with Crippen LogP contribution in [0.15, 0.2) is 24.4 Å².